The van der Waals surface area contributed by atoms with Gasteiger partial charge in [0.25, 0.3) is 0 Å². The summed E-state index contributed by atoms with van der Waals surface area (Å²) in [5.74, 6) is 2.14. The fraction of sp³-hybridized carbons (Fsp3) is 0.529. The van der Waals surface area contributed by atoms with Crippen LogP contribution in [0.3, 0.4) is 0 Å². The van der Waals surface area contributed by atoms with E-state index in [-0.39, 0.29) is 6.10 Å². The molecule has 1 aliphatic rings. The molecule has 0 spiro atoms. The third-order valence-electron chi connectivity index (χ3n) is 4.61. The van der Waals surface area contributed by atoms with Gasteiger partial charge in [-0.2, -0.15) is 4.98 Å². The fourth-order valence-corrected chi connectivity index (χ4v) is 3.20. The highest BCUT2D eigenvalue weighted by atomic mass is 16.5. The van der Waals surface area contributed by atoms with Crippen molar-refractivity contribution in [3.05, 3.63) is 47.6 Å². The molecule has 2 aromatic rings. The molecule has 6 heteroatoms. The molecule has 1 aromatic carbocycles. The van der Waals surface area contributed by atoms with Crippen LogP contribution in [0.15, 0.2) is 34.9 Å². The Kier molecular flexibility index (Phi) is 5.05. The van der Waals surface area contributed by atoms with Gasteiger partial charge in [-0.15, -0.1) is 0 Å². The Bertz CT molecular complexity index is 616. The first-order valence-corrected chi connectivity index (χ1v) is 8.04. The Labute approximate surface area is 136 Å². The van der Waals surface area contributed by atoms with Crippen molar-refractivity contribution in [2.75, 3.05) is 26.7 Å². The summed E-state index contributed by atoms with van der Waals surface area (Å²) >= 11 is 0. The van der Waals surface area contributed by atoms with Crippen LogP contribution in [-0.2, 0) is 11.3 Å². The number of methoxy groups -OCH3 is 1. The van der Waals surface area contributed by atoms with E-state index in [0.29, 0.717) is 36.6 Å². The first-order valence-electron chi connectivity index (χ1n) is 8.04. The molecule has 3 atom stereocenters. The van der Waals surface area contributed by atoms with Gasteiger partial charge in [-0.05, 0) is 24.9 Å². The molecule has 1 saturated heterocycles. The maximum Gasteiger partial charge on any atom is 0.240 e. The maximum absolute atomic E-state index is 5.98. The van der Waals surface area contributed by atoms with Crippen molar-refractivity contribution >= 4 is 0 Å². The summed E-state index contributed by atoms with van der Waals surface area (Å²) in [6, 6.07) is 10.6. The molecule has 124 valence electrons. The van der Waals surface area contributed by atoms with E-state index in [2.05, 4.69) is 39.3 Å². The van der Waals surface area contributed by atoms with Crippen molar-refractivity contribution in [3.63, 3.8) is 0 Å². The van der Waals surface area contributed by atoms with E-state index in [9.17, 15) is 0 Å². The third kappa shape index (κ3) is 3.60. The average molecular weight is 316 g/mol. The van der Waals surface area contributed by atoms with E-state index < -0.39 is 0 Å². The van der Waals surface area contributed by atoms with E-state index in [0.717, 1.165) is 13.1 Å². The van der Waals surface area contributed by atoms with Gasteiger partial charge in [0.05, 0.1) is 6.54 Å². The maximum atomic E-state index is 5.98. The SMILES string of the molecule is COC(C)c1noc(CN2C[C@@H](CN)[C@H](c3ccccc3)C2)n1. The zero-order chi connectivity index (χ0) is 16.2. The van der Waals surface area contributed by atoms with Gasteiger partial charge < -0.3 is 15.0 Å². The molecular weight excluding hydrogens is 292 g/mol. The molecule has 0 bridgehead atoms. The average Bonchev–Trinajstić information content (AvgIpc) is 3.22. The summed E-state index contributed by atoms with van der Waals surface area (Å²) in [7, 11) is 1.64. The number of nitrogens with two attached hydrogens (primary N) is 1. The molecular formula is C17H24N4O2. The van der Waals surface area contributed by atoms with E-state index >= 15 is 0 Å². The summed E-state index contributed by atoms with van der Waals surface area (Å²) in [5.41, 5.74) is 7.34. The van der Waals surface area contributed by atoms with E-state index in [1.54, 1.807) is 7.11 Å². The van der Waals surface area contributed by atoms with Crippen molar-refractivity contribution < 1.29 is 9.26 Å². The van der Waals surface area contributed by atoms with Crippen molar-refractivity contribution in [3.8, 4) is 0 Å². The number of ether oxygens (including phenoxy) is 1. The second-order valence-electron chi connectivity index (χ2n) is 6.13. The van der Waals surface area contributed by atoms with Gasteiger partial charge in [0.15, 0.2) is 5.82 Å². The summed E-state index contributed by atoms with van der Waals surface area (Å²) in [4.78, 5) is 6.75. The van der Waals surface area contributed by atoms with Gasteiger partial charge in [-0.25, -0.2) is 0 Å². The number of benzene rings is 1. The molecule has 2 heterocycles. The molecule has 2 N–H and O–H groups in total. The molecule has 0 radical (unpaired) electrons. The van der Waals surface area contributed by atoms with Gasteiger partial charge in [-0.1, -0.05) is 35.5 Å². The fourth-order valence-electron chi connectivity index (χ4n) is 3.20. The number of hydrogen-bond acceptors (Lipinski definition) is 6. The Morgan fingerprint density at radius 1 is 1.35 bits per heavy atom. The minimum absolute atomic E-state index is 0.153. The highest BCUT2D eigenvalue weighted by Gasteiger charge is 2.33. The molecule has 0 amide bonds. The number of rotatable bonds is 6. The second kappa shape index (κ2) is 7.21. The van der Waals surface area contributed by atoms with Crippen LogP contribution in [0.25, 0.3) is 0 Å². The summed E-state index contributed by atoms with van der Waals surface area (Å²) in [6.45, 7) is 5.16. The first-order chi connectivity index (χ1) is 11.2. The third-order valence-corrected chi connectivity index (χ3v) is 4.61. The predicted octanol–water partition coefficient (Wildman–Crippen LogP) is 1.95. The normalized spacial score (nSPS) is 23.3. The lowest BCUT2D eigenvalue weighted by Crippen LogP contribution is -2.23. The van der Waals surface area contributed by atoms with Crippen LogP contribution in [0.4, 0.5) is 0 Å². The summed E-state index contributed by atoms with van der Waals surface area (Å²) < 4.78 is 10.6. The lowest BCUT2D eigenvalue weighted by atomic mass is 9.89. The van der Waals surface area contributed by atoms with Crippen molar-refractivity contribution in [1.82, 2.24) is 15.0 Å². The minimum atomic E-state index is -0.153. The topological polar surface area (TPSA) is 77.4 Å². The van der Waals surface area contributed by atoms with Gasteiger partial charge in [0.2, 0.25) is 5.89 Å². The molecule has 0 aliphatic carbocycles. The highest BCUT2D eigenvalue weighted by Crippen LogP contribution is 2.32. The van der Waals surface area contributed by atoms with Crippen LogP contribution in [0.5, 0.6) is 0 Å². The van der Waals surface area contributed by atoms with Crippen LogP contribution >= 0.6 is 0 Å². The quantitative estimate of drug-likeness (QED) is 0.878. The minimum Gasteiger partial charge on any atom is -0.374 e. The van der Waals surface area contributed by atoms with Gasteiger partial charge in [0.1, 0.15) is 6.10 Å². The predicted molar refractivity (Wildman–Crippen MR) is 86.7 cm³/mol. The first kappa shape index (κ1) is 16.1. The van der Waals surface area contributed by atoms with Crippen LogP contribution in [-0.4, -0.2) is 41.8 Å². The van der Waals surface area contributed by atoms with Crippen LogP contribution in [0.1, 0.15) is 36.2 Å². The number of hydrogen-bond donors (Lipinski definition) is 1. The molecule has 1 aliphatic heterocycles. The largest absolute Gasteiger partial charge is 0.374 e. The molecule has 6 nitrogen and oxygen atoms in total. The zero-order valence-corrected chi connectivity index (χ0v) is 13.7. The highest BCUT2D eigenvalue weighted by molar-refractivity contribution is 5.22. The summed E-state index contributed by atoms with van der Waals surface area (Å²) in [5, 5.41) is 3.98. The molecule has 1 fully saturated rings. The van der Waals surface area contributed by atoms with Crippen LogP contribution in [0.2, 0.25) is 0 Å². The Morgan fingerprint density at radius 2 is 2.13 bits per heavy atom. The molecule has 1 aromatic heterocycles. The van der Waals surface area contributed by atoms with Crippen molar-refractivity contribution in [2.45, 2.75) is 25.5 Å². The molecule has 0 saturated carbocycles. The number of nitrogens with zero attached hydrogens (tertiary/aromatic N) is 3. The Hall–Kier alpha value is -1.76. The van der Waals surface area contributed by atoms with Crippen molar-refractivity contribution in [2.24, 2.45) is 11.7 Å². The second-order valence-corrected chi connectivity index (χ2v) is 6.13. The lowest BCUT2D eigenvalue weighted by Gasteiger charge is -2.16. The van der Waals surface area contributed by atoms with Crippen LogP contribution in [0, 0.1) is 5.92 Å². The zero-order valence-electron chi connectivity index (χ0n) is 13.7. The van der Waals surface area contributed by atoms with Crippen molar-refractivity contribution in [1.29, 1.82) is 0 Å². The Balaban J connectivity index is 1.67. The molecule has 3 rings (SSSR count). The summed E-state index contributed by atoms with van der Waals surface area (Å²) in [6.07, 6.45) is -0.153. The van der Waals surface area contributed by atoms with E-state index in [1.165, 1.54) is 5.56 Å². The molecule has 23 heavy (non-hydrogen) atoms. The number of aromatic nitrogens is 2. The standard InChI is InChI=1S/C17H24N4O2/c1-12(22-2)17-19-16(23-20-17)11-21-9-14(8-18)15(10-21)13-6-4-3-5-7-13/h3-7,12,14-15H,8-11,18H2,1-2H3/t12?,14-,15+/m1/s1. The van der Waals surface area contributed by atoms with Gasteiger partial charge in [0, 0.05) is 26.1 Å². The van der Waals surface area contributed by atoms with E-state index in [4.69, 9.17) is 15.0 Å². The van der Waals surface area contributed by atoms with Crippen LogP contribution < -0.4 is 5.73 Å². The number of likely N-dealkylation sites (tertiary alicyclic amines) is 1. The lowest BCUT2D eigenvalue weighted by molar-refractivity contribution is 0.109. The monoisotopic (exact) mass is 316 g/mol. The van der Waals surface area contributed by atoms with E-state index in [1.807, 2.05) is 13.0 Å². The van der Waals surface area contributed by atoms with Gasteiger partial charge in [-0.3, -0.25) is 4.90 Å². The Morgan fingerprint density at radius 3 is 2.83 bits per heavy atom. The molecule has 1 unspecified atom stereocenters. The van der Waals surface area contributed by atoms with Gasteiger partial charge >= 0.3 is 0 Å². The smallest absolute Gasteiger partial charge is 0.240 e.